The molecule has 5 heteroatoms. The van der Waals surface area contributed by atoms with Crippen molar-refractivity contribution in [2.75, 3.05) is 16.8 Å². The fraction of sp³-hybridized carbons (Fsp3) is 0.241. The van der Waals surface area contributed by atoms with Crippen LogP contribution in [0.2, 0.25) is 0 Å². The first-order valence-electron chi connectivity index (χ1n) is 11.6. The highest BCUT2D eigenvalue weighted by Gasteiger charge is 2.40. The van der Waals surface area contributed by atoms with E-state index < -0.39 is 0 Å². The standard InChI is InChI=1S/C29H30N2O3/c1-6-14-34-25-9-7-8-23(17-25)30-27-26(22-12-10-18(2)20(4)15-22)28(32)31(29(27)33)24-13-11-19(3)21(5)16-24/h7-13,15-17,30H,6,14H2,1-5H3. The van der Waals surface area contributed by atoms with Crippen LogP contribution >= 0.6 is 0 Å². The quantitative estimate of drug-likeness (QED) is 0.438. The number of hydrogen-bond acceptors (Lipinski definition) is 4. The molecule has 1 heterocycles. The van der Waals surface area contributed by atoms with E-state index in [1.165, 1.54) is 4.90 Å². The molecule has 4 rings (SSSR count). The summed E-state index contributed by atoms with van der Waals surface area (Å²) in [6.07, 6.45) is 0.900. The van der Waals surface area contributed by atoms with Gasteiger partial charge in [-0.1, -0.05) is 37.3 Å². The van der Waals surface area contributed by atoms with Gasteiger partial charge in [-0.15, -0.1) is 0 Å². The van der Waals surface area contributed by atoms with Crippen LogP contribution in [0, 0.1) is 27.7 Å². The summed E-state index contributed by atoms with van der Waals surface area (Å²) in [6, 6.07) is 18.9. The van der Waals surface area contributed by atoms with Crippen LogP contribution in [0.5, 0.6) is 5.75 Å². The summed E-state index contributed by atoms with van der Waals surface area (Å²) in [6.45, 7) is 10.7. The number of ether oxygens (including phenoxy) is 1. The number of hydrogen-bond donors (Lipinski definition) is 1. The van der Waals surface area contributed by atoms with E-state index >= 15 is 0 Å². The monoisotopic (exact) mass is 454 g/mol. The van der Waals surface area contributed by atoms with Gasteiger partial charge in [0.1, 0.15) is 11.4 Å². The van der Waals surface area contributed by atoms with E-state index in [0.29, 0.717) is 34.9 Å². The largest absolute Gasteiger partial charge is 0.494 e. The summed E-state index contributed by atoms with van der Waals surface area (Å²) in [5.74, 6) is 0.00160. The van der Waals surface area contributed by atoms with E-state index in [2.05, 4.69) is 5.32 Å². The molecule has 1 N–H and O–H groups in total. The Kier molecular flexibility index (Phi) is 6.55. The Hall–Kier alpha value is -3.86. The Morgan fingerprint density at radius 3 is 2.18 bits per heavy atom. The highest BCUT2D eigenvalue weighted by Crippen LogP contribution is 2.35. The Balaban J connectivity index is 1.80. The first kappa shape index (κ1) is 23.3. The van der Waals surface area contributed by atoms with Crippen LogP contribution in [0.3, 0.4) is 0 Å². The minimum Gasteiger partial charge on any atom is -0.494 e. The van der Waals surface area contributed by atoms with Crippen molar-refractivity contribution in [3.8, 4) is 5.75 Å². The summed E-state index contributed by atoms with van der Waals surface area (Å²) in [5.41, 5.74) is 6.91. The van der Waals surface area contributed by atoms with Crippen LogP contribution in [0.25, 0.3) is 5.57 Å². The van der Waals surface area contributed by atoms with Gasteiger partial charge in [0, 0.05) is 11.8 Å². The molecule has 5 nitrogen and oxygen atoms in total. The molecule has 0 bridgehead atoms. The van der Waals surface area contributed by atoms with Crippen molar-refractivity contribution >= 4 is 28.8 Å². The predicted octanol–water partition coefficient (Wildman–Crippen LogP) is 6.11. The number of amides is 2. The van der Waals surface area contributed by atoms with Crippen molar-refractivity contribution in [1.29, 1.82) is 0 Å². The third-order valence-corrected chi connectivity index (χ3v) is 6.20. The third-order valence-electron chi connectivity index (χ3n) is 6.20. The second-order valence-corrected chi connectivity index (χ2v) is 8.76. The fourth-order valence-electron chi connectivity index (χ4n) is 3.94. The minimum atomic E-state index is -0.374. The molecule has 0 atom stereocenters. The molecule has 2 amide bonds. The number of carbonyl (C=O) groups excluding carboxylic acids is 2. The third kappa shape index (κ3) is 4.46. The Morgan fingerprint density at radius 2 is 1.50 bits per heavy atom. The number of carbonyl (C=O) groups is 2. The molecule has 1 aliphatic heterocycles. The van der Waals surface area contributed by atoms with Crippen LogP contribution in [0.15, 0.2) is 66.4 Å². The maximum atomic E-state index is 13.7. The summed E-state index contributed by atoms with van der Waals surface area (Å²) in [7, 11) is 0. The first-order chi connectivity index (χ1) is 16.3. The van der Waals surface area contributed by atoms with Gasteiger partial charge in [0.25, 0.3) is 11.8 Å². The van der Waals surface area contributed by atoms with Gasteiger partial charge in [-0.05, 0) is 86.2 Å². The zero-order valence-electron chi connectivity index (χ0n) is 20.4. The van der Waals surface area contributed by atoms with E-state index in [4.69, 9.17) is 4.74 Å². The molecule has 0 aliphatic carbocycles. The van der Waals surface area contributed by atoms with Crippen LogP contribution in [0.4, 0.5) is 11.4 Å². The predicted molar refractivity (Wildman–Crippen MR) is 137 cm³/mol. The van der Waals surface area contributed by atoms with E-state index in [9.17, 15) is 9.59 Å². The summed E-state index contributed by atoms with van der Waals surface area (Å²) in [4.78, 5) is 28.6. The number of rotatable bonds is 7. The van der Waals surface area contributed by atoms with E-state index in [1.54, 1.807) is 0 Å². The molecule has 3 aromatic carbocycles. The molecule has 0 radical (unpaired) electrons. The number of aryl methyl sites for hydroxylation is 4. The number of nitrogens with zero attached hydrogens (tertiary/aromatic N) is 1. The van der Waals surface area contributed by atoms with Gasteiger partial charge in [-0.3, -0.25) is 9.59 Å². The Labute approximate surface area is 201 Å². The second kappa shape index (κ2) is 9.56. The van der Waals surface area contributed by atoms with E-state index in [0.717, 1.165) is 28.7 Å². The van der Waals surface area contributed by atoms with Crippen molar-refractivity contribution in [2.24, 2.45) is 0 Å². The SMILES string of the molecule is CCCOc1cccc(NC2=C(c3ccc(C)c(C)c3)C(=O)N(c3ccc(C)c(C)c3)C2=O)c1. The molecular weight excluding hydrogens is 424 g/mol. The smallest absolute Gasteiger partial charge is 0.282 e. The molecule has 0 saturated heterocycles. The summed E-state index contributed by atoms with van der Waals surface area (Å²) in [5, 5.41) is 3.23. The van der Waals surface area contributed by atoms with Crippen molar-refractivity contribution in [3.63, 3.8) is 0 Å². The number of nitrogens with one attached hydrogen (secondary N) is 1. The lowest BCUT2D eigenvalue weighted by atomic mass is 9.99. The van der Waals surface area contributed by atoms with Crippen molar-refractivity contribution in [3.05, 3.63) is 94.2 Å². The minimum absolute atomic E-state index is 0.263. The number of imide groups is 1. The van der Waals surface area contributed by atoms with E-state index in [-0.39, 0.29) is 17.5 Å². The van der Waals surface area contributed by atoms with Crippen molar-refractivity contribution in [2.45, 2.75) is 41.0 Å². The van der Waals surface area contributed by atoms with Crippen LogP contribution in [-0.2, 0) is 9.59 Å². The molecule has 34 heavy (non-hydrogen) atoms. The zero-order chi connectivity index (χ0) is 24.4. The summed E-state index contributed by atoms with van der Waals surface area (Å²) >= 11 is 0. The lowest BCUT2D eigenvalue weighted by Gasteiger charge is -2.17. The summed E-state index contributed by atoms with van der Waals surface area (Å²) < 4.78 is 5.75. The number of anilines is 2. The van der Waals surface area contributed by atoms with Gasteiger partial charge in [0.05, 0.1) is 17.9 Å². The maximum absolute atomic E-state index is 13.7. The van der Waals surface area contributed by atoms with Crippen LogP contribution in [-0.4, -0.2) is 18.4 Å². The molecular formula is C29H30N2O3. The topological polar surface area (TPSA) is 58.6 Å². The van der Waals surface area contributed by atoms with E-state index in [1.807, 2.05) is 95.3 Å². The molecule has 0 aromatic heterocycles. The molecule has 174 valence electrons. The van der Waals surface area contributed by atoms with Gasteiger partial charge in [-0.2, -0.15) is 0 Å². The average molecular weight is 455 g/mol. The first-order valence-corrected chi connectivity index (χ1v) is 11.6. The van der Waals surface area contributed by atoms with Crippen LogP contribution < -0.4 is 15.0 Å². The normalized spacial score (nSPS) is 13.6. The van der Waals surface area contributed by atoms with Crippen molar-refractivity contribution < 1.29 is 14.3 Å². The fourth-order valence-corrected chi connectivity index (χ4v) is 3.94. The molecule has 0 fully saturated rings. The van der Waals surface area contributed by atoms with Gasteiger partial charge in [0.2, 0.25) is 0 Å². The van der Waals surface area contributed by atoms with Gasteiger partial charge < -0.3 is 10.1 Å². The number of benzene rings is 3. The van der Waals surface area contributed by atoms with Gasteiger partial charge in [0.15, 0.2) is 0 Å². The molecule has 3 aromatic rings. The van der Waals surface area contributed by atoms with Gasteiger partial charge >= 0.3 is 0 Å². The zero-order valence-corrected chi connectivity index (χ0v) is 20.4. The molecule has 0 unspecified atom stereocenters. The Bertz CT molecular complexity index is 1310. The highest BCUT2D eigenvalue weighted by atomic mass is 16.5. The highest BCUT2D eigenvalue weighted by molar-refractivity contribution is 6.46. The lowest BCUT2D eigenvalue weighted by Crippen LogP contribution is -2.32. The average Bonchev–Trinajstić information content (AvgIpc) is 3.05. The van der Waals surface area contributed by atoms with Crippen molar-refractivity contribution in [1.82, 2.24) is 0 Å². The Morgan fingerprint density at radius 1 is 0.794 bits per heavy atom. The molecule has 0 spiro atoms. The maximum Gasteiger partial charge on any atom is 0.282 e. The molecule has 0 saturated carbocycles. The second-order valence-electron chi connectivity index (χ2n) is 8.76. The van der Waals surface area contributed by atoms with Gasteiger partial charge in [-0.25, -0.2) is 4.90 Å². The van der Waals surface area contributed by atoms with Crippen LogP contribution in [0.1, 0.15) is 41.2 Å². The molecule has 1 aliphatic rings. The lowest BCUT2D eigenvalue weighted by molar-refractivity contribution is -0.120.